The van der Waals surface area contributed by atoms with E-state index in [1.165, 1.54) is 18.2 Å². The molecule has 0 aliphatic rings. The van der Waals surface area contributed by atoms with E-state index in [1.54, 1.807) is 13.0 Å². The molecule has 1 aromatic carbocycles. The number of carboxylic acid groups (broad SMARTS) is 1. The molecule has 0 aromatic heterocycles. The van der Waals surface area contributed by atoms with Crippen LogP contribution in [-0.2, 0) is 4.79 Å². The zero-order valence-electron chi connectivity index (χ0n) is 9.70. The van der Waals surface area contributed by atoms with Crippen molar-refractivity contribution < 1.29 is 27.8 Å². The number of rotatable bonds is 5. The first kappa shape index (κ1) is 14.3. The molecular formula is C12H13F3O3. The quantitative estimate of drug-likeness (QED) is 0.886. The van der Waals surface area contributed by atoms with Gasteiger partial charge in [0.1, 0.15) is 5.75 Å². The van der Waals surface area contributed by atoms with Crippen LogP contribution >= 0.6 is 0 Å². The predicted octanol–water partition coefficient (Wildman–Crippen LogP) is 3.21. The highest BCUT2D eigenvalue weighted by molar-refractivity contribution is 5.68. The van der Waals surface area contributed by atoms with Gasteiger partial charge in [-0.3, -0.25) is 4.79 Å². The van der Waals surface area contributed by atoms with E-state index in [0.29, 0.717) is 0 Å². The fraction of sp³-hybridized carbons (Fsp3) is 0.417. The van der Waals surface area contributed by atoms with Crippen LogP contribution in [0.3, 0.4) is 0 Å². The van der Waals surface area contributed by atoms with Crippen LogP contribution in [0, 0.1) is 0 Å². The van der Waals surface area contributed by atoms with E-state index < -0.39 is 24.5 Å². The van der Waals surface area contributed by atoms with Crippen LogP contribution in [0.25, 0.3) is 0 Å². The van der Waals surface area contributed by atoms with Gasteiger partial charge in [-0.25, -0.2) is 0 Å². The molecule has 1 atom stereocenters. The lowest BCUT2D eigenvalue weighted by Crippen LogP contribution is -2.24. The maximum Gasteiger partial charge on any atom is 0.396 e. The molecule has 0 aliphatic heterocycles. The summed E-state index contributed by atoms with van der Waals surface area (Å²) < 4.78 is 43.7. The number of alkyl halides is 3. The van der Waals surface area contributed by atoms with Crippen molar-refractivity contribution in [2.45, 2.75) is 25.4 Å². The molecule has 6 heteroatoms. The number of benzene rings is 1. The lowest BCUT2D eigenvalue weighted by molar-refractivity contribution is -0.163. The molecule has 0 fully saturated rings. The molecule has 0 heterocycles. The van der Waals surface area contributed by atoms with Gasteiger partial charge in [0, 0.05) is 5.56 Å². The monoisotopic (exact) mass is 262 g/mol. The van der Waals surface area contributed by atoms with E-state index in [4.69, 9.17) is 9.84 Å². The zero-order valence-corrected chi connectivity index (χ0v) is 9.70. The van der Waals surface area contributed by atoms with E-state index in [0.717, 1.165) is 0 Å². The van der Waals surface area contributed by atoms with Crippen LogP contribution in [-0.4, -0.2) is 23.9 Å². The SMILES string of the molecule is CCOc1ccccc1C(CC(=O)O)C(F)(F)F. The summed E-state index contributed by atoms with van der Waals surface area (Å²) in [5.74, 6) is -3.48. The number of aliphatic carboxylic acids is 1. The molecule has 1 aromatic rings. The molecule has 100 valence electrons. The van der Waals surface area contributed by atoms with E-state index in [1.807, 2.05) is 0 Å². The van der Waals surface area contributed by atoms with Crippen molar-refractivity contribution in [2.24, 2.45) is 0 Å². The number of hydrogen-bond donors (Lipinski definition) is 1. The van der Waals surface area contributed by atoms with Gasteiger partial charge in [0.15, 0.2) is 0 Å². The van der Waals surface area contributed by atoms with Gasteiger partial charge < -0.3 is 9.84 Å². The first-order chi connectivity index (χ1) is 8.36. The number of carbonyl (C=O) groups is 1. The van der Waals surface area contributed by atoms with Gasteiger partial charge in [0.2, 0.25) is 0 Å². The fourth-order valence-corrected chi connectivity index (χ4v) is 1.63. The van der Waals surface area contributed by atoms with Gasteiger partial charge in [0.05, 0.1) is 18.9 Å². The van der Waals surface area contributed by atoms with Gasteiger partial charge >= 0.3 is 12.1 Å². The molecule has 0 saturated heterocycles. The third kappa shape index (κ3) is 3.65. The van der Waals surface area contributed by atoms with Crippen molar-refractivity contribution in [3.63, 3.8) is 0 Å². The van der Waals surface area contributed by atoms with Crippen molar-refractivity contribution >= 4 is 5.97 Å². The number of carboxylic acids is 1. The molecule has 0 amide bonds. The highest BCUT2D eigenvalue weighted by atomic mass is 19.4. The minimum Gasteiger partial charge on any atom is -0.494 e. The Morgan fingerprint density at radius 1 is 1.39 bits per heavy atom. The van der Waals surface area contributed by atoms with Crippen LogP contribution in [0.4, 0.5) is 13.2 Å². The van der Waals surface area contributed by atoms with Crippen LogP contribution in [0.1, 0.15) is 24.8 Å². The maximum atomic E-state index is 12.9. The summed E-state index contributed by atoms with van der Waals surface area (Å²) in [6, 6.07) is 5.62. The number of para-hydroxylation sites is 1. The standard InChI is InChI=1S/C12H13F3O3/c1-2-18-10-6-4-3-5-8(10)9(7-11(16)17)12(13,14)15/h3-6,9H,2,7H2,1H3,(H,16,17). The summed E-state index contributed by atoms with van der Waals surface area (Å²) in [6.45, 7) is 1.87. The summed E-state index contributed by atoms with van der Waals surface area (Å²) in [4.78, 5) is 10.6. The second-order valence-electron chi connectivity index (χ2n) is 3.66. The molecule has 0 bridgehead atoms. The molecule has 0 spiro atoms. The third-order valence-electron chi connectivity index (χ3n) is 2.37. The Balaban J connectivity index is 3.16. The Labute approximate surface area is 102 Å². The molecule has 0 radical (unpaired) electrons. The normalized spacial score (nSPS) is 13.1. The van der Waals surface area contributed by atoms with Gasteiger partial charge in [-0.1, -0.05) is 18.2 Å². The first-order valence-electron chi connectivity index (χ1n) is 5.36. The third-order valence-corrected chi connectivity index (χ3v) is 2.37. The number of hydrogen-bond acceptors (Lipinski definition) is 2. The van der Waals surface area contributed by atoms with Crippen molar-refractivity contribution in [3.8, 4) is 5.75 Å². The number of halogens is 3. The van der Waals surface area contributed by atoms with Crippen molar-refractivity contribution in [1.29, 1.82) is 0 Å². The van der Waals surface area contributed by atoms with Crippen molar-refractivity contribution in [1.82, 2.24) is 0 Å². The van der Waals surface area contributed by atoms with Crippen molar-refractivity contribution in [2.75, 3.05) is 6.61 Å². The molecule has 18 heavy (non-hydrogen) atoms. The van der Waals surface area contributed by atoms with Gasteiger partial charge in [-0.15, -0.1) is 0 Å². The largest absolute Gasteiger partial charge is 0.494 e. The van der Waals surface area contributed by atoms with E-state index in [9.17, 15) is 18.0 Å². The molecule has 0 aliphatic carbocycles. The lowest BCUT2D eigenvalue weighted by atomic mass is 9.94. The topological polar surface area (TPSA) is 46.5 Å². The first-order valence-corrected chi connectivity index (χ1v) is 5.36. The van der Waals surface area contributed by atoms with Crippen molar-refractivity contribution in [3.05, 3.63) is 29.8 Å². The van der Waals surface area contributed by atoms with Crippen LogP contribution in [0.5, 0.6) is 5.75 Å². The average Bonchev–Trinajstić information content (AvgIpc) is 2.26. The Hall–Kier alpha value is -1.72. The smallest absolute Gasteiger partial charge is 0.396 e. The Morgan fingerprint density at radius 2 is 2.00 bits per heavy atom. The summed E-state index contributed by atoms with van der Waals surface area (Å²) in [6.07, 6.45) is -5.63. The summed E-state index contributed by atoms with van der Waals surface area (Å²) in [7, 11) is 0. The Morgan fingerprint density at radius 3 is 2.50 bits per heavy atom. The molecular weight excluding hydrogens is 249 g/mol. The second kappa shape index (κ2) is 5.75. The molecule has 0 saturated carbocycles. The van der Waals surface area contributed by atoms with Crippen LogP contribution < -0.4 is 4.74 Å². The molecule has 1 rings (SSSR count). The average molecular weight is 262 g/mol. The maximum absolute atomic E-state index is 12.9. The van der Waals surface area contributed by atoms with Gasteiger partial charge in [-0.2, -0.15) is 13.2 Å². The van der Waals surface area contributed by atoms with E-state index >= 15 is 0 Å². The zero-order chi connectivity index (χ0) is 13.8. The van der Waals surface area contributed by atoms with E-state index in [-0.39, 0.29) is 17.9 Å². The Bertz CT molecular complexity index is 415. The van der Waals surface area contributed by atoms with Crippen LogP contribution in [0.2, 0.25) is 0 Å². The predicted molar refractivity (Wildman–Crippen MR) is 58.7 cm³/mol. The van der Waals surface area contributed by atoms with Crippen LogP contribution in [0.15, 0.2) is 24.3 Å². The highest BCUT2D eigenvalue weighted by Crippen LogP contribution is 2.41. The summed E-state index contributed by atoms with van der Waals surface area (Å²) in [5.41, 5.74) is -0.144. The molecule has 1 N–H and O–H groups in total. The highest BCUT2D eigenvalue weighted by Gasteiger charge is 2.43. The van der Waals surface area contributed by atoms with E-state index in [2.05, 4.69) is 0 Å². The lowest BCUT2D eigenvalue weighted by Gasteiger charge is -2.21. The minimum absolute atomic E-state index is 0.0728. The molecule has 1 unspecified atom stereocenters. The number of ether oxygens (including phenoxy) is 1. The van der Waals surface area contributed by atoms with Gasteiger partial charge in [0.25, 0.3) is 0 Å². The summed E-state index contributed by atoms with van der Waals surface area (Å²) >= 11 is 0. The fourth-order valence-electron chi connectivity index (χ4n) is 1.63. The summed E-state index contributed by atoms with van der Waals surface area (Å²) in [5, 5.41) is 8.59. The Kier molecular flexibility index (Phi) is 4.58. The minimum atomic E-state index is -4.62. The second-order valence-corrected chi connectivity index (χ2v) is 3.66. The molecule has 3 nitrogen and oxygen atoms in total. The van der Waals surface area contributed by atoms with Gasteiger partial charge in [-0.05, 0) is 13.0 Å².